The summed E-state index contributed by atoms with van der Waals surface area (Å²) in [5.74, 6) is -13.2. The van der Waals surface area contributed by atoms with Crippen LogP contribution in [-0.4, -0.2) is 182 Å². The number of amides is 5. The highest BCUT2D eigenvalue weighted by Gasteiger charge is 2.42. The number of hydrogen-bond donors (Lipinski definition) is 13. The number of carbonyl (C=O) groups excluding carboxylic acids is 5. The van der Waals surface area contributed by atoms with Crippen LogP contribution < -0.4 is 44.6 Å². The predicted molar refractivity (Wildman–Crippen MR) is 264 cm³/mol. The van der Waals surface area contributed by atoms with Crippen molar-refractivity contribution in [2.24, 2.45) is 50.5 Å². The number of nitrogens with zero attached hydrogens (tertiary/aromatic N) is 4. The molecule has 7 atom stereocenters. The number of alkyl halides is 9. The van der Waals surface area contributed by atoms with Gasteiger partial charge in [0.15, 0.2) is 11.9 Å². The number of likely N-dealkylation sites (N-methyl/N-ethyl adjacent to an activating group) is 1. The minimum atomic E-state index is -5.08. The van der Waals surface area contributed by atoms with Crippen molar-refractivity contribution in [2.45, 2.75) is 140 Å². The van der Waals surface area contributed by atoms with Gasteiger partial charge < -0.3 is 80.0 Å². The molecule has 1 saturated heterocycles. The number of nitrogens with two attached hydrogens (primary N) is 5. The van der Waals surface area contributed by atoms with E-state index in [2.05, 4.69) is 25.9 Å². The highest BCUT2D eigenvalue weighted by molar-refractivity contribution is 5.97. The Morgan fingerprint density at radius 1 is 0.713 bits per heavy atom. The molecule has 0 bridgehead atoms. The highest BCUT2D eigenvalue weighted by atomic mass is 19.4. The second-order valence-electron chi connectivity index (χ2n) is 17.9. The van der Waals surface area contributed by atoms with Crippen molar-refractivity contribution in [2.75, 3.05) is 26.7 Å². The molecule has 80 heavy (non-hydrogen) atoms. The Kier molecular flexibility index (Phi) is 32.4. The van der Waals surface area contributed by atoms with Crippen LogP contribution in [0.2, 0.25) is 0 Å². The van der Waals surface area contributed by atoms with Gasteiger partial charge in [-0.25, -0.2) is 19.2 Å². The van der Waals surface area contributed by atoms with Gasteiger partial charge in [-0.05, 0) is 74.5 Å². The number of guanidine groups is 2. The van der Waals surface area contributed by atoms with Gasteiger partial charge in [0, 0.05) is 33.1 Å². The van der Waals surface area contributed by atoms with E-state index in [-0.39, 0.29) is 75.3 Å². The van der Waals surface area contributed by atoms with Crippen LogP contribution in [0.4, 0.5) is 39.5 Å². The number of rotatable bonds is 24. The number of phenols is 1. The van der Waals surface area contributed by atoms with Crippen molar-refractivity contribution in [1.82, 2.24) is 25.8 Å². The molecule has 1 fully saturated rings. The Balaban J connectivity index is 0. The van der Waals surface area contributed by atoms with E-state index in [1.54, 1.807) is 19.1 Å². The zero-order valence-electron chi connectivity index (χ0n) is 43.9. The fraction of sp³-hybridized carbons (Fsp3) is 0.622. The molecule has 18 N–H and O–H groups in total. The lowest BCUT2D eigenvalue weighted by atomic mass is 9.96. The number of carbonyl (C=O) groups is 9. The molecular formula is C45H69F9N12O14. The van der Waals surface area contributed by atoms with Crippen LogP contribution in [0.15, 0.2) is 34.3 Å². The smallest absolute Gasteiger partial charge is 0.490 e. The fourth-order valence-corrected chi connectivity index (χ4v) is 6.78. The average Bonchev–Trinajstić information content (AvgIpc) is 3.84. The third-order valence-corrected chi connectivity index (χ3v) is 11.0. The zero-order valence-corrected chi connectivity index (χ0v) is 43.9. The standard InChI is InChI=1S/C39H66N12O8.3C2HF3O2/c1-6-23(4)31(34(55)48-28(37(58)59)20-22(2)3)49-32(53)27(21-24-13-15-25(52)16-14-24)47-33(54)29-12-9-19-51(29)36(57)30(11-8-18-46-39(43)44)50(5)35(56)26(40)10-7-17-45-38(41)42;3*3-2(4,5)1(6)7/h13-16,22-23,26-31,52H,6-12,17-21,40H2,1-5H3,(H,47,54)(H,48,55)(H,49,53)(H,58,59)(H4,41,42,45)(H4,43,44,46);3*(H,6,7)/t23-,26-,27-,28-,29-,30-,31-;;;/m0.../s1. The van der Waals surface area contributed by atoms with Crippen LogP contribution >= 0.6 is 0 Å². The van der Waals surface area contributed by atoms with Crippen molar-refractivity contribution in [3.05, 3.63) is 29.8 Å². The van der Waals surface area contributed by atoms with Crippen LogP contribution in [0.5, 0.6) is 5.75 Å². The minimum absolute atomic E-state index is 0.00927. The lowest BCUT2D eigenvalue weighted by Gasteiger charge is -2.34. The molecule has 1 aliphatic heterocycles. The van der Waals surface area contributed by atoms with Crippen molar-refractivity contribution in [3.63, 3.8) is 0 Å². The van der Waals surface area contributed by atoms with Gasteiger partial charge in [0.2, 0.25) is 29.5 Å². The van der Waals surface area contributed by atoms with E-state index >= 15 is 0 Å². The summed E-state index contributed by atoms with van der Waals surface area (Å²) in [6.07, 6.45) is -12.8. The summed E-state index contributed by atoms with van der Waals surface area (Å²) < 4.78 is 95.2. The first-order valence-corrected chi connectivity index (χ1v) is 23.9. The van der Waals surface area contributed by atoms with Crippen LogP contribution in [0.3, 0.4) is 0 Å². The summed E-state index contributed by atoms with van der Waals surface area (Å²) in [7, 11) is 1.47. The molecule has 1 aromatic rings. The maximum absolute atomic E-state index is 14.4. The fourth-order valence-electron chi connectivity index (χ4n) is 6.78. The summed E-state index contributed by atoms with van der Waals surface area (Å²) in [6, 6.07) is -0.572. The molecule has 5 amide bonds. The Morgan fingerprint density at radius 2 is 1.16 bits per heavy atom. The van der Waals surface area contributed by atoms with Crippen molar-refractivity contribution in [3.8, 4) is 5.75 Å². The predicted octanol–water partition coefficient (Wildman–Crippen LogP) is 0.718. The first kappa shape index (κ1) is 74.2. The van der Waals surface area contributed by atoms with E-state index < -0.39 is 114 Å². The second-order valence-corrected chi connectivity index (χ2v) is 17.9. The molecule has 0 aliphatic carbocycles. The number of aliphatic carboxylic acids is 4. The lowest BCUT2D eigenvalue weighted by molar-refractivity contribution is -0.193. The average molecular weight is 1170 g/mol. The minimum Gasteiger partial charge on any atom is -0.508 e. The Labute approximate surface area is 451 Å². The van der Waals surface area contributed by atoms with E-state index in [4.69, 9.17) is 58.4 Å². The SMILES string of the molecule is CC[C@H](C)[C@H](NC(=O)[C@H](Cc1ccc(O)cc1)NC(=O)[C@@H]1CCCN1C(=O)[C@H](CCCN=C(N)N)N(C)C(=O)[C@@H](N)CCCN=C(N)N)C(=O)N[C@@H](CC(C)C)C(=O)O.O=C(O)C(F)(F)F.O=C(O)C(F)(F)F.O=C(O)C(F)(F)F. The van der Waals surface area contributed by atoms with Crippen LogP contribution in [0, 0.1) is 11.8 Å². The Bertz CT molecular complexity index is 2210. The van der Waals surface area contributed by atoms with Gasteiger partial charge in [0.1, 0.15) is 36.0 Å². The lowest BCUT2D eigenvalue weighted by Crippen LogP contribution is -2.60. The van der Waals surface area contributed by atoms with Crippen molar-refractivity contribution in [1.29, 1.82) is 0 Å². The molecule has 0 spiro atoms. The molecule has 1 heterocycles. The van der Waals surface area contributed by atoms with Crippen LogP contribution in [0.25, 0.3) is 0 Å². The van der Waals surface area contributed by atoms with Gasteiger partial charge in [0.05, 0.1) is 6.04 Å². The largest absolute Gasteiger partial charge is 0.508 e. The van der Waals surface area contributed by atoms with E-state index in [0.717, 1.165) is 0 Å². The van der Waals surface area contributed by atoms with Gasteiger partial charge in [-0.15, -0.1) is 0 Å². The molecule has 0 unspecified atom stereocenters. The van der Waals surface area contributed by atoms with E-state index in [9.17, 15) is 78.5 Å². The summed E-state index contributed by atoms with van der Waals surface area (Å²) in [5.41, 5.74) is 28.6. The summed E-state index contributed by atoms with van der Waals surface area (Å²) >= 11 is 0. The summed E-state index contributed by atoms with van der Waals surface area (Å²) in [6.45, 7) is 7.86. The number of carboxylic acids is 4. The molecule has 456 valence electrons. The molecule has 0 radical (unpaired) electrons. The Hall–Kier alpha value is -7.88. The van der Waals surface area contributed by atoms with Gasteiger partial charge in [-0.2, -0.15) is 39.5 Å². The molecule has 1 aliphatic rings. The molecule has 2 rings (SSSR count). The number of carboxylic acid groups (broad SMARTS) is 4. The topological polar surface area (TPSA) is 452 Å². The van der Waals surface area contributed by atoms with Crippen LogP contribution in [0.1, 0.15) is 84.6 Å². The number of likely N-dealkylation sites (tertiary alicyclic amines) is 1. The monoisotopic (exact) mass is 1170 g/mol. The van der Waals surface area contributed by atoms with Crippen LogP contribution in [-0.2, 0) is 49.6 Å². The van der Waals surface area contributed by atoms with E-state index in [1.807, 2.05) is 20.8 Å². The number of aliphatic imine (C=N–C) groups is 2. The number of phenolic OH excluding ortho intramolecular Hbond substituents is 1. The maximum atomic E-state index is 14.4. The molecule has 0 aromatic heterocycles. The molecule has 1 aromatic carbocycles. The molecule has 0 saturated carbocycles. The number of hydrogen-bond acceptors (Lipinski definition) is 13. The zero-order chi connectivity index (χ0) is 62.6. The molecule has 35 heteroatoms. The second kappa shape index (κ2) is 34.9. The molecule has 26 nitrogen and oxygen atoms in total. The number of aromatic hydroxyl groups is 1. The van der Waals surface area contributed by atoms with Crippen molar-refractivity contribution >= 4 is 65.3 Å². The third-order valence-electron chi connectivity index (χ3n) is 11.0. The van der Waals surface area contributed by atoms with Gasteiger partial charge >= 0.3 is 42.4 Å². The maximum Gasteiger partial charge on any atom is 0.490 e. The van der Waals surface area contributed by atoms with Crippen molar-refractivity contribution < 1.29 is 108 Å². The number of benzene rings is 1. The van der Waals surface area contributed by atoms with Gasteiger partial charge in [-0.3, -0.25) is 34.0 Å². The molecular weight excluding hydrogens is 1100 g/mol. The quantitative estimate of drug-likeness (QED) is 0.0293. The van der Waals surface area contributed by atoms with Gasteiger partial charge in [0.25, 0.3) is 0 Å². The summed E-state index contributed by atoms with van der Waals surface area (Å²) in [4.78, 5) is 119. The van der Waals surface area contributed by atoms with E-state index in [1.165, 1.54) is 29.0 Å². The summed E-state index contributed by atoms with van der Waals surface area (Å²) in [5, 5.41) is 49.1. The first-order chi connectivity index (χ1) is 36.6. The Morgan fingerprint density at radius 3 is 1.56 bits per heavy atom. The highest BCUT2D eigenvalue weighted by Crippen LogP contribution is 2.24. The number of halogens is 9. The van der Waals surface area contributed by atoms with E-state index in [0.29, 0.717) is 31.2 Å². The third kappa shape index (κ3) is 29.7. The normalized spacial score (nSPS) is 15.3. The first-order valence-electron chi connectivity index (χ1n) is 23.9. The number of nitrogens with one attached hydrogen (secondary N) is 3. The van der Waals surface area contributed by atoms with Gasteiger partial charge in [-0.1, -0.05) is 46.2 Å².